The van der Waals surface area contributed by atoms with Crippen LogP contribution in [0.3, 0.4) is 0 Å². The molecule has 0 aliphatic carbocycles. The van der Waals surface area contributed by atoms with E-state index in [0.717, 1.165) is 18.7 Å². The second-order valence-electron chi connectivity index (χ2n) is 4.87. The first-order valence-electron chi connectivity index (χ1n) is 6.51. The van der Waals surface area contributed by atoms with Crippen LogP contribution in [0, 0.1) is 5.92 Å². The van der Waals surface area contributed by atoms with Crippen molar-refractivity contribution in [2.24, 2.45) is 5.92 Å². The van der Waals surface area contributed by atoms with Gasteiger partial charge in [-0.1, -0.05) is 23.4 Å². The maximum Gasteiger partial charge on any atom is 0.187 e. The van der Waals surface area contributed by atoms with E-state index < -0.39 is 0 Å². The molecule has 1 aromatic carbocycles. The van der Waals surface area contributed by atoms with E-state index >= 15 is 0 Å². The Bertz CT molecular complexity index is 578. The number of rotatable bonds is 3. The molecule has 3 rings (SSSR count). The van der Waals surface area contributed by atoms with Gasteiger partial charge in [-0.15, -0.1) is 5.10 Å². The number of aromatic nitrogens is 3. The monoisotopic (exact) mass is 256 g/mol. The number of carbonyl (C=O) groups is 1. The average molecular weight is 256 g/mol. The van der Waals surface area contributed by atoms with Crippen LogP contribution in [0.25, 0.3) is 5.69 Å². The summed E-state index contributed by atoms with van der Waals surface area (Å²) in [6, 6.07) is 9.83. The number of hydrogen-bond acceptors (Lipinski definition) is 4. The molecule has 19 heavy (non-hydrogen) atoms. The maximum absolute atomic E-state index is 12.6. The predicted octanol–water partition coefficient (Wildman–Crippen LogP) is 1.45. The molecule has 2 heterocycles. The van der Waals surface area contributed by atoms with Crippen molar-refractivity contribution in [3.63, 3.8) is 0 Å². The average Bonchev–Trinajstić information content (AvgIpc) is 3.07. The SMILES string of the molecule is CC1NCCC1C(=O)c1cnnn1-c1ccccc1. The molecule has 0 spiro atoms. The van der Waals surface area contributed by atoms with Crippen molar-refractivity contribution in [1.29, 1.82) is 0 Å². The van der Waals surface area contributed by atoms with Gasteiger partial charge in [0.05, 0.1) is 11.9 Å². The third-order valence-corrected chi connectivity index (χ3v) is 3.66. The maximum atomic E-state index is 12.6. The van der Waals surface area contributed by atoms with E-state index in [2.05, 4.69) is 15.6 Å². The van der Waals surface area contributed by atoms with E-state index in [4.69, 9.17) is 0 Å². The van der Waals surface area contributed by atoms with E-state index in [0.29, 0.717) is 5.69 Å². The molecule has 2 unspecified atom stereocenters. The molecule has 0 bridgehead atoms. The molecule has 5 heteroatoms. The van der Waals surface area contributed by atoms with Crippen molar-refractivity contribution >= 4 is 5.78 Å². The van der Waals surface area contributed by atoms with Gasteiger partial charge >= 0.3 is 0 Å². The fourth-order valence-corrected chi connectivity index (χ4v) is 2.57. The molecule has 5 nitrogen and oxygen atoms in total. The molecule has 1 N–H and O–H groups in total. The highest BCUT2D eigenvalue weighted by molar-refractivity contribution is 5.97. The van der Waals surface area contributed by atoms with E-state index in [1.165, 1.54) is 0 Å². The summed E-state index contributed by atoms with van der Waals surface area (Å²) >= 11 is 0. The number of carbonyl (C=O) groups excluding carboxylic acids is 1. The highest BCUT2D eigenvalue weighted by atomic mass is 16.1. The number of hydrogen-bond donors (Lipinski definition) is 1. The van der Waals surface area contributed by atoms with Crippen molar-refractivity contribution in [3.8, 4) is 5.69 Å². The summed E-state index contributed by atoms with van der Waals surface area (Å²) in [4.78, 5) is 12.6. The smallest absolute Gasteiger partial charge is 0.187 e. The van der Waals surface area contributed by atoms with Crippen molar-refractivity contribution in [1.82, 2.24) is 20.3 Å². The molecule has 1 saturated heterocycles. The molecule has 0 radical (unpaired) electrons. The van der Waals surface area contributed by atoms with Crippen LogP contribution in [0.4, 0.5) is 0 Å². The lowest BCUT2D eigenvalue weighted by Crippen LogP contribution is -2.29. The first-order chi connectivity index (χ1) is 9.27. The number of Topliss-reactive ketones (excluding diaryl/α,β-unsaturated/α-hetero) is 1. The second kappa shape index (κ2) is 4.93. The molecule has 1 aromatic heterocycles. The lowest BCUT2D eigenvalue weighted by atomic mass is 9.95. The minimum absolute atomic E-state index is 0.0148. The highest BCUT2D eigenvalue weighted by Gasteiger charge is 2.32. The van der Waals surface area contributed by atoms with Crippen LogP contribution in [-0.4, -0.2) is 33.4 Å². The van der Waals surface area contributed by atoms with E-state index in [9.17, 15) is 4.79 Å². The van der Waals surface area contributed by atoms with Gasteiger partial charge in [-0.2, -0.15) is 0 Å². The lowest BCUT2D eigenvalue weighted by Gasteiger charge is -2.14. The Hall–Kier alpha value is -2.01. The van der Waals surface area contributed by atoms with Crippen LogP contribution in [0.5, 0.6) is 0 Å². The number of benzene rings is 1. The third-order valence-electron chi connectivity index (χ3n) is 3.66. The molecular weight excluding hydrogens is 240 g/mol. The molecule has 98 valence electrons. The molecule has 1 aliphatic heterocycles. The van der Waals surface area contributed by atoms with Crippen LogP contribution in [0.1, 0.15) is 23.8 Å². The summed E-state index contributed by atoms with van der Waals surface area (Å²) in [5.41, 5.74) is 1.42. The molecule has 0 saturated carbocycles. The first-order valence-corrected chi connectivity index (χ1v) is 6.51. The van der Waals surface area contributed by atoms with E-state index in [1.807, 2.05) is 37.3 Å². The van der Waals surface area contributed by atoms with Crippen molar-refractivity contribution in [2.75, 3.05) is 6.54 Å². The van der Waals surface area contributed by atoms with Crippen LogP contribution < -0.4 is 5.32 Å². The Labute approximate surface area is 111 Å². The fraction of sp³-hybridized carbons (Fsp3) is 0.357. The quantitative estimate of drug-likeness (QED) is 0.844. The zero-order valence-corrected chi connectivity index (χ0v) is 10.8. The van der Waals surface area contributed by atoms with Gasteiger partial charge in [0.15, 0.2) is 5.78 Å². The van der Waals surface area contributed by atoms with Gasteiger partial charge < -0.3 is 5.32 Å². The van der Waals surface area contributed by atoms with Crippen LogP contribution in [0.2, 0.25) is 0 Å². The molecule has 2 atom stereocenters. The standard InChI is InChI=1S/C14H16N4O/c1-10-12(7-8-15-10)14(19)13-9-16-17-18(13)11-5-3-2-4-6-11/h2-6,9-10,12,15H,7-8H2,1H3. The third kappa shape index (κ3) is 2.17. The van der Waals surface area contributed by atoms with Crippen LogP contribution >= 0.6 is 0 Å². The summed E-state index contributed by atoms with van der Waals surface area (Å²) in [5.74, 6) is 0.132. The molecular formula is C14H16N4O. The predicted molar refractivity (Wildman–Crippen MR) is 71.3 cm³/mol. The highest BCUT2D eigenvalue weighted by Crippen LogP contribution is 2.21. The number of para-hydroxylation sites is 1. The first kappa shape index (κ1) is 12.0. The molecule has 1 fully saturated rings. The van der Waals surface area contributed by atoms with Gasteiger partial charge in [-0.05, 0) is 32.0 Å². The lowest BCUT2D eigenvalue weighted by molar-refractivity contribution is 0.0906. The van der Waals surface area contributed by atoms with Crippen molar-refractivity contribution in [2.45, 2.75) is 19.4 Å². The summed E-state index contributed by atoms with van der Waals surface area (Å²) in [6.45, 7) is 2.94. The number of nitrogens with one attached hydrogen (secondary N) is 1. The van der Waals surface area contributed by atoms with Crippen LogP contribution in [-0.2, 0) is 0 Å². The molecule has 1 aliphatic rings. The zero-order chi connectivity index (χ0) is 13.2. The normalized spacial score (nSPS) is 22.6. The number of nitrogens with zero attached hydrogens (tertiary/aromatic N) is 3. The van der Waals surface area contributed by atoms with Gasteiger partial charge in [0.1, 0.15) is 5.69 Å². The van der Waals surface area contributed by atoms with E-state index in [-0.39, 0.29) is 17.7 Å². The van der Waals surface area contributed by atoms with Crippen molar-refractivity contribution in [3.05, 3.63) is 42.2 Å². The summed E-state index contributed by atoms with van der Waals surface area (Å²) in [7, 11) is 0. The van der Waals surface area contributed by atoms with Gasteiger partial charge in [0.25, 0.3) is 0 Å². The number of ketones is 1. The van der Waals surface area contributed by atoms with Gasteiger partial charge in [0, 0.05) is 12.0 Å². The Morgan fingerprint density at radius 1 is 1.37 bits per heavy atom. The zero-order valence-electron chi connectivity index (χ0n) is 10.8. The minimum atomic E-state index is 0.0148. The summed E-state index contributed by atoms with van der Waals surface area (Å²) in [5, 5.41) is 11.2. The topological polar surface area (TPSA) is 59.8 Å². The molecule has 0 amide bonds. The molecule has 2 aromatic rings. The van der Waals surface area contributed by atoms with Gasteiger partial charge in [-0.25, -0.2) is 4.68 Å². The largest absolute Gasteiger partial charge is 0.313 e. The summed E-state index contributed by atoms with van der Waals surface area (Å²) in [6.07, 6.45) is 2.43. The van der Waals surface area contributed by atoms with Crippen LogP contribution in [0.15, 0.2) is 36.5 Å². The Balaban J connectivity index is 1.94. The second-order valence-corrected chi connectivity index (χ2v) is 4.87. The Morgan fingerprint density at radius 2 is 2.16 bits per heavy atom. The fourth-order valence-electron chi connectivity index (χ4n) is 2.57. The Morgan fingerprint density at radius 3 is 2.84 bits per heavy atom. The van der Waals surface area contributed by atoms with Gasteiger partial charge in [-0.3, -0.25) is 4.79 Å². The van der Waals surface area contributed by atoms with E-state index in [1.54, 1.807) is 10.9 Å². The minimum Gasteiger partial charge on any atom is -0.313 e. The van der Waals surface area contributed by atoms with Crippen molar-refractivity contribution < 1.29 is 4.79 Å². The Kier molecular flexibility index (Phi) is 3.13. The van der Waals surface area contributed by atoms with Gasteiger partial charge in [0.2, 0.25) is 0 Å². The summed E-state index contributed by atoms with van der Waals surface area (Å²) < 4.78 is 1.62.